The predicted molar refractivity (Wildman–Crippen MR) is 79.1 cm³/mol. The number of ketones is 1. The zero-order chi connectivity index (χ0) is 13.7. The summed E-state index contributed by atoms with van der Waals surface area (Å²) < 4.78 is 0. The van der Waals surface area contributed by atoms with Gasteiger partial charge in [0.2, 0.25) is 0 Å². The van der Waals surface area contributed by atoms with Crippen molar-refractivity contribution < 1.29 is 4.79 Å². The van der Waals surface area contributed by atoms with Gasteiger partial charge < -0.3 is 5.73 Å². The highest BCUT2D eigenvalue weighted by Gasteiger charge is 2.06. The molecule has 0 aliphatic heterocycles. The third-order valence-electron chi connectivity index (χ3n) is 3.32. The minimum atomic E-state index is 0.283. The highest BCUT2D eigenvalue weighted by atomic mass is 16.1. The van der Waals surface area contributed by atoms with Crippen LogP contribution in [-0.2, 0) is 17.6 Å². The van der Waals surface area contributed by atoms with Crippen LogP contribution in [0.25, 0.3) is 0 Å². The summed E-state index contributed by atoms with van der Waals surface area (Å²) in [5, 5.41) is 0. The number of Topliss-reactive ketones (excluding diaryl/α,β-unsaturated/α-hetero) is 1. The maximum atomic E-state index is 12.0. The first-order valence-corrected chi connectivity index (χ1v) is 6.56. The van der Waals surface area contributed by atoms with Crippen LogP contribution in [0.1, 0.15) is 23.1 Å². The molecule has 2 rings (SSSR count). The van der Waals surface area contributed by atoms with Crippen LogP contribution in [-0.4, -0.2) is 5.78 Å². The Morgan fingerprint density at radius 3 is 2.42 bits per heavy atom. The number of nitrogens with two attached hydrogens (primary N) is 1. The first-order chi connectivity index (χ1) is 9.15. The van der Waals surface area contributed by atoms with E-state index >= 15 is 0 Å². The molecule has 0 heterocycles. The lowest BCUT2D eigenvalue weighted by atomic mass is 9.99. The Kier molecular flexibility index (Phi) is 4.35. The van der Waals surface area contributed by atoms with Crippen molar-refractivity contribution in [1.29, 1.82) is 0 Å². The van der Waals surface area contributed by atoms with Crippen molar-refractivity contribution in [3.05, 3.63) is 65.2 Å². The van der Waals surface area contributed by atoms with Gasteiger partial charge in [0.1, 0.15) is 5.78 Å². The first kappa shape index (κ1) is 13.3. The molecule has 0 aromatic heterocycles. The van der Waals surface area contributed by atoms with Crippen molar-refractivity contribution in [2.24, 2.45) is 0 Å². The van der Waals surface area contributed by atoms with Gasteiger partial charge in [0.25, 0.3) is 0 Å². The van der Waals surface area contributed by atoms with Gasteiger partial charge in [-0.15, -0.1) is 0 Å². The van der Waals surface area contributed by atoms with Gasteiger partial charge in [-0.05, 0) is 42.2 Å². The number of carbonyl (C=O) groups excluding carboxylic acids is 1. The highest BCUT2D eigenvalue weighted by molar-refractivity contribution is 5.81. The molecule has 0 radical (unpaired) electrons. The number of carbonyl (C=O) groups is 1. The molecule has 2 aromatic rings. The maximum absolute atomic E-state index is 12.0. The maximum Gasteiger partial charge on any atom is 0.137 e. The molecule has 2 nitrogen and oxygen atoms in total. The number of aryl methyl sites for hydroxylation is 2. The lowest BCUT2D eigenvalue weighted by Crippen LogP contribution is -2.05. The standard InChI is InChI=1S/C17H19NO/c1-13-4-2-3-5-15(13)12-17(19)11-8-14-6-9-16(18)10-7-14/h2-7,9-10H,8,11-12,18H2,1H3. The monoisotopic (exact) mass is 253 g/mol. The predicted octanol–water partition coefficient (Wildman–Crippen LogP) is 3.32. The van der Waals surface area contributed by atoms with Crippen LogP contribution in [0.15, 0.2) is 48.5 Å². The number of benzene rings is 2. The lowest BCUT2D eigenvalue weighted by molar-refractivity contribution is -0.118. The minimum Gasteiger partial charge on any atom is -0.399 e. The smallest absolute Gasteiger partial charge is 0.137 e. The van der Waals surface area contributed by atoms with Gasteiger partial charge in [-0.25, -0.2) is 0 Å². The van der Waals surface area contributed by atoms with Gasteiger partial charge in [0.05, 0.1) is 0 Å². The van der Waals surface area contributed by atoms with Crippen molar-refractivity contribution in [1.82, 2.24) is 0 Å². The topological polar surface area (TPSA) is 43.1 Å². The van der Waals surface area contributed by atoms with Gasteiger partial charge in [0, 0.05) is 18.5 Å². The first-order valence-electron chi connectivity index (χ1n) is 6.56. The quantitative estimate of drug-likeness (QED) is 0.831. The summed E-state index contributed by atoms with van der Waals surface area (Å²) in [7, 11) is 0. The summed E-state index contributed by atoms with van der Waals surface area (Å²) >= 11 is 0. The number of anilines is 1. The Labute approximate surface area is 114 Å². The molecule has 0 saturated heterocycles. The van der Waals surface area contributed by atoms with E-state index in [1.165, 1.54) is 5.56 Å². The van der Waals surface area contributed by atoms with E-state index in [4.69, 9.17) is 5.73 Å². The molecule has 0 saturated carbocycles. The van der Waals surface area contributed by atoms with Crippen LogP contribution in [0.4, 0.5) is 5.69 Å². The zero-order valence-corrected chi connectivity index (χ0v) is 11.2. The van der Waals surface area contributed by atoms with Crippen molar-refractivity contribution in [3.63, 3.8) is 0 Å². The summed E-state index contributed by atoms with van der Waals surface area (Å²) in [6.07, 6.45) is 1.89. The fourth-order valence-electron chi connectivity index (χ4n) is 2.08. The third kappa shape index (κ3) is 3.95. The number of hydrogen-bond acceptors (Lipinski definition) is 2. The fourth-order valence-corrected chi connectivity index (χ4v) is 2.08. The van der Waals surface area contributed by atoms with Gasteiger partial charge in [0.15, 0.2) is 0 Å². The number of nitrogen functional groups attached to an aromatic ring is 1. The Morgan fingerprint density at radius 2 is 1.74 bits per heavy atom. The molecule has 0 aliphatic carbocycles. The molecule has 0 spiro atoms. The molecular formula is C17H19NO. The SMILES string of the molecule is Cc1ccccc1CC(=O)CCc1ccc(N)cc1. The van der Waals surface area contributed by atoms with Crippen LogP contribution in [0, 0.1) is 6.92 Å². The van der Waals surface area contributed by atoms with Gasteiger partial charge in [-0.1, -0.05) is 36.4 Å². The summed E-state index contributed by atoms with van der Waals surface area (Å²) in [5.41, 5.74) is 9.87. The summed E-state index contributed by atoms with van der Waals surface area (Å²) in [5.74, 6) is 0.283. The minimum absolute atomic E-state index is 0.283. The van der Waals surface area contributed by atoms with Crippen LogP contribution in [0.2, 0.25) is 0 Å². The molecule has 19 heavy (non-hydrogen) atoms. The number of hydrogen-bond donors (Lipinski definition) is 1. The van der Waals surface area contributed by atoms with Crippen LogP contribution < -0.4 is 5.73 Å². The van der Waals surface area contributed by atoms with Crippen molar-refractivity contribution in [3.8, 4) is 0 Å². The third-order valence-corrected chi connectivity index (χ3v) is 3.32. The van der Waals surface area contributed by atoms with E-state index in [0.29, 0.717) is 12.8 Å². The zero-order valence-electron chi connectivity index (χ0n) is 11.2. The molecule has 0 atom stereocenters. The van der Waals surface area contributed by atoms with Crippen LogP contribution in [0.3, 0.4) is 0 Å². The molecule has 0 aliphatic rings. The van der Waals surface area contributed by atoms with E-state index in [2.05, 4.69) is 0 Å². The second-order valence-corrected chi connectivity index (χ2v) is 4.88. The van der Waals surface area contributed by atoms with Crippen molar-refractivity contribution in [2.75, 3.05) is 5.73 Å². The Bertz CT molecular complexity index is 558. The average Bonchev–Trinajstić information content (AvgIpc) is 2.41. The van der Waals surface area contributed by atoms with E-state index in [1.807, 2.05) is 55.5 Å². The fraction of sp³-hybridized carbons (Fsp3) is 0.235. The second-order valence-electron chi connectivity index (χ2n) is 4.88. The summed E-state index contributed by atoms with van der Waals surface area (Å²) in [4.78, 5) is 12.0. The Morgan fingerprint density at radius 1 is 1.05 bits per heavy atom. The molecule has 0 unspecified atom stereocenters. The molecule has 0 bridgehead atoms. The molecule has 2 heteroatoms. The van der Waals surface area contributed by atoms with Gasteiger partial charge >= 0.3 is 0 Å². The summed E-state index contributed by atoms with van der Waals surface area (Å²) in [6, 6.07) is 15.8. The molecule has 98 valence electrons. The normalized spacial score (nSPS) is 10.4. The van der Waals surface area contributed by atoms with Crippen molar-refractivity contribution >= 4 is 11.5 Å². The van der Waals surface area contributed by atoms with Gasteiger partial charge in [-0.3, -0.25) is 4.79 Å². The van der Waals surface area contributed by atoms with Gasteiger partial charge in [-0.2, -0.15) is 0 Å². The average molecular weight is 253 g/mol. The van der Waals surface area contributed by atoms with E-state index < -0.39 is 0 Å². The number of rotatable bonds is 5. The second kappa shape index (κ2) is 6.19. The largest absolute Gasteiger partial charge is 0.399 e. The molecule has 2 aromatic carbocycles. The van der Waals surface area contributed by atoms with E-state index in [-0.39, 0.29) is 5.78 Å². The van der Waals surface area contributed by atoms with Crippen molar-refractivity contribution in [2.45, 2.75) is 26.2 Å². The van der Waals surface area contributed by atoms with E-state index in [1.54, 1.807) is 0 Å². The summed E-state index contributed by atoms with van der Waals surface area (Å²) in [6.45, 7) is 2.04. The van der Waals surface area contributed by atoms with Crippen LogP contribution >= 0.6 is 0 Å². The lowest BCUT2D eigenvalue weighted by Gasteiger charge is -2.05. The van der Waals surface area contributed by atoms with Crippen LogP contribution in [0.5, 0.6) is 0 Å². The van der Waals surface area contributed by atoms with E-state index in [0.717, 1.165) is 23.2 Å². The van der Waals surface area contributed by atoms with E-state index in [9.17, 15) is 4.79 Å². The molecular weight excluding hydrogens is 234 g/mol. The molecule has 0 amide bonds. The Hall–Kier alpha value is -2.09. The molecule has 2 N–H and O–H groups in total. The highest BCUT2D eigenvalue weighted by Crippen LogP contribution is 2.11. The molecule has 0 fully saturated rings. The Balaban J connectivity index is 1.88.